The summed E-state index contributed by atoms with van der Waals surface area (Å²) in [6.45, 7) is 10.1. The average molecular weight is 365 g/mol. The average Bonchev–Trinajstić information content (AvgIpc) is 2.60. The number of allylic oxidation sites excluding steroid dienone is 1. The summed E-state index contributed by atoms with van der Waals surface area (Å²) in [6.07, 6.45) is 3.09. The van der Waals surface area contributed by atoms with Crippen molar-refractivity contribution < 1.29 is 0 Å². The van der Waals surface area contributed by atoms with Gasteiger partial charge in [0.1, 0.15) is 0 Å². The molecule has 0 saturated heterocycles. The van der Waals surface area contributed by atoms with Gasteiger partial charge in [-0.2, -0.15) is 5.26 Å². The third-order valence-corrected chi connectivity index (χ3v) is 5.56. The Bertz CT molecular complexity index is 872. The number of benzene rings is 2. The third-order valence-electron chi connectivity index (χ3n) is 5.31. The van der Waals surface area contributed by atoms with Gasteiger partial charge in [-0.05, 0) is 80.1 Å². The number of nitriles is 1. The Hall–Kier alpha value is -2.24. The first-order chi connectivity index (χ1) is 12.4. The molecule has 2 aromatic carbocycles. The Morgan fingerprint density at radius 3 is 2.58 bits per heavy atom. The van der Waals surface area contributed by atoms with Gasteiger partial charge in [0.15, 0.2) is 0 Å². The fourth-order valence-corrected chi connectivity index (χ4v) is 4.30. The molecule has 0 aromatic heterocycles. The maximum Gasteiger partial charge on any atom is 0.0998 e. The lowest BCUT2D eigenvalue weighted by atomic mass is 9.79. The van der Waals surface area contributed by atoms with Crippen molar-refractivity contribution in [2.24, 2.45) is 0 Å². The summed E-state index contributed by atoms with van der Waals surface area (Å²) < 4.78 is 0. The predicted octanol–water partition coefficient (Wildman–Crippen LogP) is 6.52. The lowest BCUT2D eigenvalue weighted by Crippen LogP contribution is -2.48. The molecule has 0 radical (unpaired) electrons. The second-order valence-electron chi connectivity index (χ2n) is 7.66. The highest BCUT2D eigenvalue weighted by atomic mass is 35.5. The van der Waals surface area contributed by atoms with Gasteiger partial charge in [-0.25, -0.2) is 0 Å². The molecule has 134 valence electrons. The van der Waals surface area contributed by atoms with Gasteiger partial charge in [0.2, 0.25) is 0 Å². The van der Waals surface area contributed by atoms with Crippen molar-refractivity contribution in [3.8, 4) is 6.07 Å². The number of fused-ring (bicyclic) bond motifs is 1. The molecule has 3 heteroatoms. The van der Waals surface area contributed by atoms with Crippen LogP contribution in [-0.4, -0.2) is 12.1 Å². The highest BCUT2D eigenvalue weighted by Gasteiger charge is 2.35. The molecule has 0 fully saturated rings. The molecule has 0 bridgehead atoms. The van der Waals surface area contributed by atoms with E-state index in [0.717, 1.165) is 24.1 Å². The minimum absolute atomic E-state index is 0.166. The highest BCUT2D eigenvalue weighted by molar-refractivity contribution is 6.30. The summed E-state index contributed by atoms with van der Waals surface area (Å²) in [5.41, 5.74) is 5.46. The summed E-state index contributed by atoms with van der Waals surface area (Å²) in [7, 11) is 0. The zero-order valence-electron chi connectivity index (χ0n) is 15.9. The van der Waals surface area contributed by atoms with Crippen molar-refractivity contribution in [2.75, 3.05) is 11.4 Å². The van der Waals surface area contributed by atoms with E-state index in [-0.39, 0.29) is 5.54 Å². The molecule has 1 aliphatic rings. The second kappa shape index (κ2) is 7.17. The predicted molar refractivity (Wildman–Crippen MR) is 112 cm³/mol. The van der Waals surface area contributed by atoms with E-state index in [4.69, 9.17) is 11.6 Å². The zero-order chi connectivity index (χ0) is 18.9. The topological polar surface area (TPSA) is 27.0 Å². The molecule has 1 atom stereocenters. The van der Waals surface area contributed by atoms with Gasteiger partial charge in [0.25, 0.3) is 0 Å². The van der Waals surface area contributed by atoms with Gasteiger partial charge in [-0.15, -0.1) is 0 Å². The summed E-state index contributed by atoms with van der Waals surface area (Å²) in [5.74, 6) is 0.497. The minimum Gasteiger partial charge on any atom is -0.366 e. The van der Waals surface area contributed by atoms with E-state index < -0.39 is 0 Å². The molecule has 1 aliphatic heterocycles. The minimum atomic E-state index is 0.166. The van der Waals surface area contributed by atoms with E-state index in [2.05, 4.69) is 56.9 Å². The summed E-state index contributed by atoms with van der Waals surface area (Å²) in [5, 5.41) is 10.3. The number of hydrogen-bond donors (Lipinski definition) is 0. The number of rotatable bonds is 3. The normalized spacial score (nSPS) is 19.0. The van der Waals surface area contributed by atoms with E-state index in [9.17, 15) is 5.26 Å². The van der Waals surface area contributed by atoms with Crippen LogP contribution in [0.4, 0.5) is 5.69 Å². The molecular formula is C23H25ClN2. The quantitative estimate of drug-likeness (QED) is 0.458. The van der Waals surface area contributed by atoms with Crippen LogP contribution in [0, 0.1) is 11.3 Å². The van der Waals surface area contributed by atoms with Crippen molar-refractivity contribution in [1.82, 2.24) is 0 Å². The Labute approximate surface area is 161 Å². The van der Waals surface area contributed by atoms with Crippen LogP contribution >= 0.6 is 11.6 Å². The lowest BCUT2D eigenvalue weighted by Gasteiger charge is -2.47. The fourth-order valence-electron chi connectivity index (χ4n) is 4.17. The van der Waals surface area contributed by atoms with Crippen molar-refractivity contribution >= 4 is 28.9 Å². The number of hydrogen-bond acceptors (Lipinski definition) is 2. The van der Waals surface area contributed by atoms with Gasteiger partial charge in [0.05, 0.1) is 11.6 Å². The maximum atomic E-state index is 9.59. The molecular weight excluding hydrogens is 340 g/mol. The highest BCUT2D eigenvalue weighted by Crippen LogP contribution is 2.43. The van der Waals surface area contributed by atoms with Crippen LogP contribution in [0.15, 0.2) is 42.5 Å². The summed E-state index contributed by atoms with van der Waals surface area (Å²) in [6, 6.07) is 16.3. The molecule has 0 saturated carbocycles. The Morgan fingerprint density at radius 2 is 1.96 bits per heavy atom. The van der Waals surface area contributed by atoms with Crippen molar-refractivity contribution in [3.63, 3.8) is 0 Å². The van der Waals surface area contributed by atoms with E-state index in [1.54, 1.807) is 0 Å². The second-order valence-corrected chi connectivity index (χ2v) is 8.09. The molecule has 0 aliphatic carbocycles. The van der Waals surface area contributed by atoms with Gasteiger partial charge < -0.3 is 4.90 Å². The Morgan fingerprint density at radius 1 is 1.27 bits per heavy atom. The molecule has 26 heavy (non-hydrogen) atoms. The van der Waals surface area contributed by atoms with E-state index >= 15 is 0 Å². The first-order valence-electron chi connectivity index (χ1n) is 9.15. The van der Waals surface area contributed by atoms with Crippen molar-refractivity contribution in [2.45, 2.75) is 45.6 Å². The van der Waals surface area contributed by atoms with E-state index in [0.29, 0.717) is 16.5 Å². The van der Waals surface area contributed by atoms with Crippen LogP contribution in [0.2, 0.25) is 5.02 Å². The molecule has 2 aromatic rings. The largest absolute Gasteiger partial charge is 0.366 e. The molecule has 3 rings (SSSR count). The van der Waals surface area contributed by atoms with Crippen LogP contribution in [0.3, 0.4) is 0 Å². The van der Waals surface area contributed by atoms with Crippen LogP contribution in [0.1, 0.15) is 56.7 Å². The molecule has 0 N–H and O–H groups in total. The monoisotopic (exact) mass is 364 g/mol. The van der Waals surface area contributed by atoms with E-state index in [1.807, 2.05) is 30.3 Å². The fraction of sp³-hybridized carbons (Fsp3) is 0.348. The summed E-state index contributed by atoms with van der Waals surface area (Å²) in [4.78, 5) is 2.49. The Balaban J connectivity index is 2.02. The number of anilines is 1. The van der Waals surface area contributed by atoms with Gasteiger partial charge in [-0.1, -0.05) is 36.7 Å². The standard InChI is InChI=1S/C23H25ClN2/c1-5-26-22-11-6-17(13-21(22)16(2)14-23(26,3)4)12-19(15-25)18-7-9-20(24)10-8-18/h6-13,16H,5,14H2,1-4H3/b19-12-/t16-/m0/s1. The third kappa shape index (κ3) is 3.50. The number of halogens is 1. The smallest absolute Gasteiger partial charge is 0.0998 e. The van der Waals surface area contributed by atoms with Gasteiger partial charge in [0, 0.05) is 22.8 Å². The van der Waals surface area contributed by atoms with Crippen molar-refractivity contribution in [3.05, 3.63) is 64.2 Å². The van der Waals surface area contributed by atoms with Crippen LogP contribution < -0.4 is 4.90 Å². The molecule has 1 heterocycles. The lowest BCUT2D eigenvalue weighted by molar-refractivity contribution is 0.381. The van der Waals surface area contributed by atoms with Crippen LogP contribution in [-0.2, 0) is 0 Å². The van der Waals surface area contributed by atoms with Gasteiger partial charge >= 0.3 is 0 Å². The molecule has 0 amide bonds. The molecule has 0 spiro atoms. The number of nitrogens with zero attached hydrogens (tertiary/aromatic N) is 2. The SMILES string of the molecule is CCN1c2ccc(/C=C(/C#N)c3ccc(Cl)cc3)cc2[C@@H](C)CC1(C)C. The first kappa shape index (κ1) is 18.5. The zero-order valence-corrected chi connectivity index (χ0v) is 16.6. The Kier molecular flexibility index (Phi) is 5.12. The van der Waals surface area contributed by atoms with Crippen molar-refractivity contribution in [1.29, 1.82) is 5.26 Å². The summed E-state index contributed by atoms with van der Waals surface area (Å²) >= 11 is 5.96. The van der Waals surface area contributed by atoms with Crippen LogP contribution in [0.25, 0.3) is 11.6 Å². The molecule has 0 unspecified atom stereocenters. The van der Waals surface area contributed by atoms with E-state index in [1.165, 1.54) is 11.3 Å². The first-order valence-corrected chi connectivity index (χ1v) is 9.53. The maximum absolute atomic E-state index is 9.59. The molecule has 2 nitrogen and oxygen atoms in total. The van der Waals surface area contributed by atoms with Gasteiger partial charge in [-0.3, -0.25) is 0 Å². The van der Waals surface area contributed by atoms with Crippen LogP contribution in [0.5, 0.6) is 0 Å².